The second-order valence-electron chi connectivity index (χ2n) is 8.12. The molecular formula is C22H26O11. The molecule has 0 aromatic heterocycles. The quantitative estimate of drug-likeness (QED) is 0.219. The smallest absolute Gasteiger partial charge is 0.338 e. The van der Waals surface area contributed by atoms with Gasteiger partial charge in [-0.2, -0.15) is 0 Å². The Morgan fingerprint density at radius 1 is 1.00 bits per heavy atom. The average molecular weight is 466 g/mol. The highest BCUT2D eigenvalue weighted by Crippen LogP contribution is 2.41. The lowest BCUT2D eigenvalue weighted by atomic mass is 9.88. The van der Waals surface area contributed by atoms with Crippen LogP contribution in [0.3, 0.4) is 0 Å². The summed E-state index contributed by atoms with van der Waals surface area (Å²) < 4.78 is 22.0. The molecule has 0 bridgehead atoms. The normalized spacial score (nSPS) is 37.7. The maximum atomic E-state index is 12.3. The maximum Gasteiger partial charge on any atom is 0.338 e. The van der Waals surface area contributed by atoms with Crippen molar-refractivity contribution in [3.8, 4) is 5.75 Å². The summed E-state index contributed by atoms with van der Waals surface area (Å²) in [5, 5.41) is 59.4. The molecule has 180 valence electrons. The molecule has 1 aliphatic carbocycles. The van der Waals surface area contributed by atoms with Gasteiger partial charge in [-0.3, -0.25) is 0 Å². The lowest BCUT2D eigenvalue weighted by Gasteiger charge is -2.42. The first-order valence-corrected chi connectivity index (χ1v) is 10.4. The number of aromatic hydroxyl groups is 1. The molecule has 0 unspecified atom stereocenters. The van der Waals surface area contributed by atoms with E-state index < -0.39 is 67.5 Å². The Bertz CT molecular complexity index is 896. The summed E-state index contributed by atoms with van der Waals surface area (Å²) in [7, 11) is 0. The first-order valence-electron chi connectivity index (χ1n) is 10.4. The van der Waals surface area contributed by atoms with Gasteiger partial charge in [0.15, 0.2) is 6.29 Å². The highest BCUT2D eigenvalue weighted by molar-refractivity contribution is 5.89. The van der Waals surface area contributed by atoms with Crippen molar-refractivity contribution in [1.29, 1.82) is 0 Å². The van der Waals surface area contributed by atoms with Gasteiger partial charge in [-0.15, -0.1) is 0 Å². The molecule has 1 saturated heterocycles. The van der Waals surface area contributed by atoms with Crippen LogP contribution in [0.15, 0.2) is 48.3 Å². The molecule has 11 nitrogen and oxygen atoms in total. The van der Waals surface area contributed by atoms with E-state index >= 15 is 0 Å². The third kappa shape index (κ3) is 4.75. The van der Waals surface area contributed by atoms with Crippen molar-refractivity contribution in [3.63, 3.8) is 0 Å². The van der Waals surface area contributed by atoms with Gasteiger partial charge in [0, 0.05) is 5.92 Å². The number of phenolic OH excluding ortho intramolecular Hbond substituents is 1. The molecule has 9 atom stereocenters. The van der Waals surface area contributed by atoms with Crippen LogP contribution in [0.5, 0.6) is 5.75 Å². The minimum absolute atomic E-state index is 0.00957. The molecule has 0 radical (unpaired) electrons. The molecule has 4 rings (SSSR count). The number of fused-ring (bicyclic) bond motifs is 1. The van der Waals surface area contributed by atoms with Crippen LogP contribution in [0.1, 0.15) is 10.4 Å². The van der Waals surface area contributed by atoms with Crippen molar-refractivity contribution in [1.82, 2.24) is 0 Å². The summed E-state index contributed by atoms with van der Waals surface area (Å²) in [4.78, 5) is 12.3. The van der Waals surface area contributed by atoms with Gasteiger partial charge >= 0.3 is 5.97 Å². The molecule has 1 aromatic rings. The number of aliphatic hydroxyl groups is 5. The zero-order chi connectivity index (χ0) is 23.7. The molecule has 11 heteroatoms. The van der Waals surface area contributed by atoms with Gasteiger partial charge < -0.3 is 49.6 Å². The number of esters is 1. The molecule has 2 aliphatic heterocycles. The Morgan fingerprint density at radius 2 is 1.73 bits per heavy atom. The fraction of sp³-hybridized carbons (Fsp3) is 0.500. The second kappa shape index (κ2) is 9.77. The minimum atomic E-state index is -1.62. The number of aliphatic hydroxyl groups excluding tert-OH is 5. The van der Waals surface area contributed by atoms with Crippen molar-refractivity contribution < 1.29 is 54.4 Å². The van der Waals surface area contributed by atoms with E-state index in [0.717, 1.165) is 0 Å². The van der Waals surface area contributed by atoms with E-state index in [-0.39, 0.29) is 17.9 Å². The van der Waals surface area contributed by atoms with Gasteiger partial charge in [0.2, 0.25) is 6.29 Å². The predicted octanol–water partition coefficient (Wildman–Crippen LogP) is -1.23. The topological polar surface area (TPSA) is 175 Å². The Morgan fingerprint density at radius 3 is 2.42 bits per heavy atom. The first-order chi connectivity index (χ1) is 15.8. The van der Waals surface area contributed by atoms with Crippen molar-refractivity contribution in [2.24, 2.45) is 11.8 Å². The lowest BCUT2D eigenvalue weighted by molar-refractivity contribution is -0.339. The Labute approximate surface area is 188 Å². The van der Waals surface area contributed by atoms with Crippen molar-refractivity contribution >= 4 is 5.97 Å². The highest BCUT2D eigenvalue weighted by Gasteiger charge is 2.49. The zero-order valence-electron chi connectivity index (χ0n) is 17.4. The summed E-state index contributed by atoms with van der Waals surface area (Å²) in [5.74, 6) is -1.69. The molecule has 1 aromatic carbocycles. The van der Waals surface area contributed by atoms with Crippen LogP contribution in [0.4, 0.5) is 0 Å². The van der Waals surface area contributed by atoms with Crippen LogP contribution in [0.2, 0.25) is 0 Å². The highest BCUT2D eigenvalue weighted by atomic mass is 16.8. The van der Waals surface area contributed by atoms with E-state index in [4.69, 9.17) is 18.9 Å². The van der Waals surface area contributed by atoms with Gasteiger partial charge in [0.25, 0.3) is 0 Å². The monoisotopic (exact) mass is 466 g/mol. The fourth-order valence-electron chi connectivity index (χ4n) is 4.19. The summed E-state index contributed by atoms with van der Waals surface area (Å²) in [6.07, 6.45) is -4.86. The molecular weight excluding hydrogens is 440 g/mol. The van der Waals surface area contributed by atoms with Crippen molar-refractivity contribution in [2.75, 3.05) is 13.2 Å². The molecule has 2 heterocycles. The number of benzene rings is 1. The average Bonchev–Trinajstić information content (AvgIpc) is 3.14. The Kier molecular flexibility index (Phi) is 7.00. The fourth-order valence-corrected chi connectivity index (χ4v) is 4.19. The van der Waals surface area contributed by atoms with Crippen LogP contribution in [0, 0.1) is 11.8 Å². The maximum absolute atomic E-state index is 12.3. The van der Waals surface area contributed by atoms with Gasteiger partial charge in [-0.25, -0.2) is 4.79 Å². The largest absolute Gasteiger partial charge is 0.508 e. The molecule has 0 saturated carbocycles. The number of rotatable bonds is 6. The van der Waals surface area contributed by atoms with E-state index in [2.05, 4.69) is 0 Å². The van der Waals surface area contributed by atoms with Gasteiger partial charge in [0.1, 0.15) is 36.8 Å². The first kappa shape index (κ1) is 23.6. The number of hydrogen-bond donors (Lipinski definition) is 6. The standard InChI is InChI=1S/C22H26O11/c23-8-15-17(26)18(27)19(28)22(32-15)33-21-16-11(7-14(25)13(16)5-6-30-21)9-31-20(29)10-1-3-12(24)4-2-10/h1-7,13-19,21-28H,8-9H2/t13-,14+,15+,16+,17+,18-,19+,21-,22-/m1/s1. The molecule has 33 heavy (non-hydrogen) atoms. The summed E-state index contributed by atoms with van der Waals surface area (Å²) >= 11 is 0. The number of phenols is 1. The summed E-state index contributed by atoms with van der Waals surface area (Å²) in [5.41, 5.74) is 0.746. The number of carbonyl (C=O) groups is 1. The molecule has 0 amide bonds. The van der Waals surface area contributed by atoms with Crippen molar-refractivity contribution in [2.45, 2.75) is 43.1 Å². The number of hydrogen-bond acceptors (Lipinski definition) is 11. The Balaban J connectivity index is 1.45. The van der Waals surface area contributed by atoms with Gasteiger partial charge in [-0.05, 0) is 35.9 Å². The molecule has 6 N–H and O–H groups in total. The molecule has 0 spiro atoms. The molecule has 3 aliphatic rings. The van der Waals surface area contributed by atoms with E-state index in [1.807, 2.05) is 0 Å². The van der Waals surface area contributed by atoms with E-state index in [0.29, 0.717) is 5.57 Å². The SMILES string of the molecule is O=C(OCC1=C[C@H](O)[C@H]2C=CO[C@H](O[C@H]3O[C@@H](CO)[C@H](O)[C@@H](O)[C@@H]3O)[C@@H]12)c1ccc(O)cc1. The second-order valence-corrected chi connectivity index (χ2v) is 8.12. The Hall–Kier alpha value is -2.51. The third-order valence-corrected chi connectivity index (χ3v) is 6.02. The van der Waals surface area contributed by atoms with Crippen LogP contribution in [-0.4, -0.2) is 92.9 Å². The summed E-state index contributed by atoms with van der Waals surface area (Å²) in [6, 6.07) is 5.54. The predicted molar refractivity (Wildman–Crippen MR) is 108 cm³/mol. The van der Waals surface area contributed by atoms with Crippen LogP contribution in [-0.2, 0) is 18.9 Å². The van der Waals surface area contributed by atoms with Crippen LogP contribution >= 0.6 is 0 Å². The van der Waals surface area contributed by atoms with E-state index in [1.54, 1.807) is 6.08 Å². The number of ether oxygens (including phenoxy) is 4. The lowest BCUT2D eigenvalue weighted by Crippen LogP contribution is -2.60. The summed E-state index contributed by atoms with van der Waals surface area (Å²) in [6.45, 7) is -0.789. The van der Waals surface area contributed by atoms with Crippen LogP contribution < -0.4 is 0 Å². The van der Waals surface area contributed by atoms with E-state index in [1.165, 1.54) is 36.6 Å². The van der Waals surface area contributed by atoms with Gasteiger partial charge in [0.05, 0.1) is 30.5 Å². The zero-order valence-corrected chi connectivity index (χ0v) is 17.4. The third-order valence-electron chi connectivity index (χ3n) is 6.02. The van der Waals surface area contributed by atoms with Crippen molar-refractivity contribution in [3.05, 3.63) is 53.8 Å². The minimum Gasteiger partial charge on any atom is -0.508 e. The van der Waals surface area contributed by atoms with Gasteiger partial charge in [-0.1, -0.05) is 6.08 Å². The van der Waals surface area contributed by atoms with Crippen LogP contribution in [0.25, 0.3) is 0 Å². The number of carbonyl (C=O) groups excluding carboxylic acids is 1. The van der Waals surface area contributed by atoms with E-state index in [9.17, 15) is 35.4 Å². The molecule has 1 fully saturated rings.